The van der Waals surface area contributed by atoms with Crippen LogP contribution in [0.4, 0.5) is 5.69 Å². The second-order valence-corrected chi connectivity index (χ2v) is 3.68. The van der Waals surface area contributed by atoms with Crippen molar-refractivity contribution in [1.82, 2.24) is 0 Å². The first kappa shape index (κ1) is 12.0. The highest BCUT2D eigenvalue weighted by atomic mass is 79.9. The van der Waals surface area contributed by atoms with E-state index in [2.05, 4.69) is 21.2 Å². The van der Waals surface area contributed by atoms with E-state index in [0.717, 1.165) is 4.47 Å². The zero-order valence-corrected chi connectivity index (χ0v) is 10.1. The summed E-state index contributed by atoms with van der Waals surface area (Å²) in [6, 6.07) is 5.32. The van der Waals surface area contributed by atoms with E-state index in [9.17, 15) is 4.79 Å². The van der Waals surface area contributed by atoms with Crippen LogP contribution >= 0.6 is 15.9 Å². The number of carbonyl (C=O) groups is 1. The Morgan fingerprint density at radius 3 is 2.80 bits per heavy atom. The summed E-state index contributed by atoms with van der Waals surface area (Å²) in [6.07, 6.45) is 0. The lowest BCUT2D eigenvalue weighted by Crippen LogP contribution is -2.17. The van der Waals surface area contributed by atoms with Crippen molar-refractivity contribution in [2.24, 2.45) is 0 Å². The van der Waals surface area contributed by atoms with E-state index >= 15 is 0 Å². The Kier molecular flexibility index (Phi) is 4.58. The normalized spacial score (nSPS) is 9.80. The smallest absolute Gasteiger partial charge is 0.250 e. The van der Waals surface area contributed by atoms with Crippen molar-refractivity contribution < 1.29 is 14.3 Å². The third-order valence-corrected chi connectivity index (χ3v) is 2.37. The van der Waals surface area contributed by atoms with Gasteiger partial charge in [-0.25, -0.2) is 0 Å². The van der Waals surface area contributed by atoms with Crippen LogP contribution in [0.15, 0.2) is 22.7 Å². The summed E-state index contributed by atoms with van der Waals surface area (Å²) in [4.78, 5) is 11.2. The average molecular weight is 274 g/mol. The molecule has 4 nitrogen and oxygen atoms in total. The minimum Gasteiger partial charge on any atom is -0.495 e. The highest BCUT2D eigenvalue weighted by molar-refractivity contribution is 9.10. The molecule has 0 aromatic heterocycles. The monoisotopic (exact) mass is 273 g/mol. The lowest BCUT2D eigenvalue weighted by Gasteiger charge is -2.07. The Bertz CT molecular complexity index is 355. The highest BCUT2D eigenvalue weighted by Gasteiger charge is 2.04. The lowest BCUT2D eigenvalue weighted by atomic mass is 10.3. The van der Waals surface area contributed by atoms with E-state index in [4.69, 9.17) is 9.47 Å². The molecular weight excluding hydrogens is 262 g/mol. The predicted octanol–water partition coefficient (Wildman–Crippen LogP) is 2.04. The van der Waals surface area contributed by atoms with Gasteiger partial charge in [-0.1, -0.05) is 0 Å². The molecule has 0 aliphatic heterocycles. The largest absolute Gasteiger partial charge is 0.495 e. The molecule has 0 saturated heterocycles. The van der Waals surface area contributed by atoms with E-state index in [1.807, 2.05) is 0 Å². The molecule has 0 aliphatic rings. The lowest BCUT2D eigenvalue weighted by molar-refractivity contribution is -0.119. The summed E-state index contributed by atoms with van der Waals surface area (Å²) < 4.78 is 10.6. The number of benzene rings is 1. The minimum atomic E-state index is -0.193. The number of carbonyl (C=O) groups excluding carboxylic acids is 1. The molecule has 0 atom stereocenters. The van der Waals surface area contributed by atoms with Crippen LogP contribution in [-0.4, -0.2) is 26.7 Å². The number of methoxy groups -OCH3 is 2. The molecule has 0 fully saturated rings. The number of amides is 1. The molecule has 0 bridgehead atoms. The van der Waals surface area contributed by atoms with E-state index in [1.165, 1.54) is 7.11 Å². The molecule has 1 aromatic carbocycles. The first-order chi connectivity index (χ1) is 7.17. The Hall–Kier alpha value is -1.07. The van der Waals surface area contributed by atoms with Gasteiger partial charge in [-0.05, 0) is 28.1 Å². The Balaban J connectivity index is 2.74. The second kappa shape index (κ2) is 5.72. The second-order valence-electron chi connectivity index (χ2n) is 2.83. The Morgan fingerprint density at radius 2 is 2.20 bits per heavy atom. The van der Waals surface area contributed by atoms with Gasteiger partial charge in [0.2, 0.25) is 5.91 Å². The first-order valence-corrected chi connectivity index (χ1v) is 5.09. The van der Waals surface area contributed by atoms with Crippen molar-refractivity contribution in [3.05, 3.63) is 22.7 Å². The van der Waals surface area contributed by atoms with Crippen molar-refractivity contribution in [3.8, 4) is 5.75 Å². The Labute approximate surface area is 96.7 Å². The van der Waals surface area contributed by atoms with Crippen molar-refractivity contribution in [3.63, 3.8) is 0 Å². The number of anilines is 1. The summed E-state index contributed by atoms with van der Waals surface area (Å²) >= 11 is 3.33. The van der Waals surface area contributed by atoms with Crippen molar-refractivity contribution >= 4 is 27.5 Å². The van der Waals surface area contributed by atoms with Gasteiger partial charge in [-0.3, -0.25) is 4.79 Å². The predicted molar refractivity (Wildman–Crippen MR) is 61.2 cm³/mol. The maximum atomic E-state index is 11.2. The number of nitrogens with one attached hydrogen (secondary N) is 1. The number of halogens is 1. The van der Waals surface area contributed by atoms with Gasteiger partial charge in [-0.15, -0.1) is 0 Å². The molecule has 0 heterocycles. The van der Waals surface area contributed by atoms with Gasteiger partial charge >= 0.3 is 0 Å². The zero-order valence-electron chi connectivity index (χ0n) is 8.54. The highest BCUT2D eigenvalue weighted by Crippen LogP contribution is 2.27. The van der Waals surface area contributed by atoms with Crippen LogP contribution in [0.2, 0.25) is 0 Å². The van der Waals surface area contributed by atoms with E-state index in [0.29, 0.717) is 11.4 Å². The number of rotatable bonds is 4. The third kappa shape index (κ3) is 3.53. The molecule has 0 radical (unpaired) electrons. The third-order valence-electron chi connectivity index (χ3n) is 1.71. The standard InChI is InChI=1S/C10H12BrNO3/c1-14-6-10(13)12-7-3-4-8(11)9(5-7)15-2/h3-5H,6H2,1-2H3,(H,12,13). The van der Waals surface area contributed by atoms with Gasteiger partial charge in [0.25, 0.3) is 0 Å². The molecular formula is C10H12BrNO3. The fraction of sp³-hybridized carbons (Fsp3) is 0.300. The fourth-order valence-electron chi connectivity index (χ4n) is 1.07. The molecule has 0 unspecified atom stereocenters. The van der Waals surface area contributed by atoms with Crippen LogP contribution in [0.5, 0.6) is 5.75 Å². The maximum Gasteiger partial charge on any atom is 0.250 e. The number of hydrogen-bond donors (Lipinski definition) is 1. The summed E-state index contributed by atoms with van der Waals surface area (Å²) in [5, 5.41) is 2.68. The molecule has 1 aromatic rings. The summed E-state index contributed by atoms with van der Waals surface area (Å²) in [5.41, 5.74) is 0.678. The summed E-state index contributed by atoms with van der Waals surface area (Å²) in [7, 11) is 3.04. The van der Waals surface area contributed by atoms with Gasteiger partial charge in [0, 0.05) is 18.9 Å². The topological polar surface area (TPSA) is 47.6 Å². The SMILES string of the molecule is COCC(=O)Nc1ccc(Br)c(OC)c1. The van der Waals surface area contributed by atoms with Gasteiger partial charge in [0.15, 0.2) is 0 Å². The van der Waals surface area contributed by atoms with Crippen molar-refractivity contribution in [2.75, 3.05) is 26.1 Å². The van der Waals surface area contributed by atoms with E-state index in [-0.39, 0.29) is 12.5 Å². The molecule has 1 amide bonds. The van der Waals surface area contributed by atoms with Crippen LogP contribution in [0.25, 0.3) is 0 Å². The van der Waals surface area contributed by atoms with Gasteiger partial charge in [-0.2, -0.15) is 0 Å². The molecule has 0 saturated carbocycles. The van der Waals surface area contributed by atoms with Gasteiger partial charge < -0.3 is 14.8 Å². The van der Waals surface area contributed by atoms with Crippen molar-refractivity contribution in [2.45, 2.75) is 0 Å². The van der Waals surface area contributed by atoms with Crippen LogP contribution in [-0.2, 0) is 9.53 Å². The summed E-state index contributed by atoms with van der Waals surface area (Å²) in [6.45, 7) is 0.0401. The summed E-state index contributed by atoms with van der Waals surface area (Å²) in [5.74, 6) is 0.479. The van der Waals surface area contributed by atoms with Crippen LogP contribution < -0.4 is 10.1 Å². The Morgan fingerprint density at radius 1 is 1.47 bits per heavy atom. The quantitative estimate of drug-likeness (QED) is 0.914. The molecule has 82 valence electrons. The molecule has 0 aliphatic carbocycles. The zero-order chi connectivity index (χ0) is 11.3. The van der Waals surface area contributed by atoms with Crippen LogP contribution in [0.1, 0.15) is 0 Å². The molecule has 15 heavy (non-hydrogen) atoms. The molecule has 5 heteroatoms. The van der Waals surface area contributed by atoms with Gasteiger partial charge in [0.05, 0.1) is 11.6 Å². The van der Waals surface area contributed by atoms with Crippen molar-refractivity contribution in [1.29, 1.82) is 0 Å². The molecule has 1 rings (SSSR count). The van der Waals surface area contributed by atoms with Crippen LogP contribution in [0, 0.1) is 0 Å². The number of ether oxygens (including phenoxy) is 2. The van der Waals surface area contributed by atoms with Gasteiger partial charge in [0.1, 0.15) is 12.4 Å². The average Bonchev–Trinajstić information content (AvgIpc) is 2.21. The maximum absolute atomic E-state index is 11.2. The first-order valence-electron chi connectivity index (χ1n) is 4.29. The molecule has 0 spiro atoms. The minimum absolute atomic E-state index is 0.0401. The van der Waals surface area contributed by atoms with E-state index < -0.39 is 0 Å². The fourth-order valence-corrected chi connectivity index (χ4v) is 1.47. The van der Waals surface area contributed by atoms with Crippen LogP contribution in [0.3, 0.4) is 0 Å². The number of hydrogen-bond acceptors (Lipinski definition) is 3. The molecule has 1 N–H and O–H groups in total. The van der Waals surface area contributed by atoms with E-state index in [1.54, 1.807) is 25.3 Å².